The predicted molar refractivity (Wildman–Crippen MR) is 102 cm³/mol. The minimum Gasteiger partial charge on any atom is -0.469 e. The number of amides is 1. The molecule has 5 nitrogen and oxygen atoms in total. The molecule has 5 heteroatoms. The lowest BCUT2D eigenvalue weighted by molar-refractivity contribution is -0.147. The molecule has 1 amide bonds. The van der Waals surface area contributed by atoms with Crippen molar-refractivity contribution in [2.24, 2.45) is 5.92 Å². The van der Waals surface area contributed by atoms with Crippen molar-refractivity contribution in [3.05, 3.63) is 48.0 Å². The molecule has 0 spiro atoms. The summed E-state index contributed by atoms with van der Waals surface area (Å²) in [7, 11) is 1.43. The number of fused-ring (bicyclic) bond motifs is 1. The van der Waals surface area contributed by atoms with Crippen molar-refractivity contribution >= 4 is 22.6 Å². The number of ether oxygens (including phenoxy) is 1. The van der Waals surface area contributed by atoms with Gasteiger partial charge < -0.3 is 10.1 Å². The Morgan fingerprint density at radius 2 is 1.85 bits per heavy atom. The standard InChI is InChI=1S/C21H26N2O3/c1-15(18-9-5-7-16-6-3-4-8-19(16)18)22-20(24)14-23-12-10-17(11-13-23)21(25)26-2/h3-9,15,17H,10-14H2,1-2H3,(H,22,24)/t15-/m0/s1. The molecule has 0 radical (unpaired) electrons. The number of carbonyl (C=O) groups excluding carboxylic acids is 2. The Bertz CT molecular complexity index is 776. The minimum absolute atomic E-state index is 0.0157. The van der Waals surface area contributed by atoms with Crippen LogP contribution in [0.15, 0.2) is 42.5 Å². The van der Waals surface area contributed by atoms with Crippen LogP contribution in [0, 0.1) is 5.92 Å². The van der Waals surface area contributed by atoms with Crippen LogP contribution < -0.4 is 5.32 Å². The normalized spacial score (nSPS) is 17.0. The highest BCUT2D eigenvalue weighted by Gasteiger charge is 2.26. The first-order valence-electron chi connectivity index (χ1n) is 9.15. The van der Waals surface area contributed by atoms with E-state index < -0.39 is 0 Å². The Kier molecular flexibility index (Phi) is 5.89. The number of hydrogen-bond acceptors (Lipinski definition) is 4. The second-order valence-corrected chi connectivity index (χ2v) is 6.93. The fourth-order valence-electron chi connectivity index (χ4n) is 3.69. The molecule has 1 fully saturated rings. The van der Waals surface area contributed by atoms with E-state index in [1.807, 2.05) is 25.1 Å². The van der Waals surface area contributed by atoms with Crippen LogP contribution in [0.1, 0.15) is 31.4 Å². The highest BCUT2D eigenvalue weighted by Crippen LogP contribution is 2.24. The van der Waals surface area contributed by atoms with E-state index in [4.69, 9.17) is 4.74 Å². The molecule has 0 saturated carbocycles. The van der Waals surface area contributed by atoms with Gasteiger partial charge in [0.1, 0.15) is 0 Å². The smallest absolute Gasteiger partial charge is 0.308 e. The van der Waals surface area contributed by atoms with Gasteiger partial charge in [-0.15, -0.1) is 0 Å². The van der Waals surface area contributed by atoms with E-state index in [-0.39, 0.29) is 23.8 Å². The number of nitrogens with one attached hydrogen (secondary N) is 1. The summed E-state index contributed by atoms with van der Waals surface area (Å²) in [5.74, 6) is -0.158. The molecule has 1 N–H and O–H groups in total. The molecule has 1 heterocycles. The van der Waals surface area contributed by atoms with Crippen LogP contribution in [0.2, 0.25) is 0 Å². The first kappa shape index (κ1) is 18.4. The number of benzene rings is 2. The summed E-state index contributed by atoms with van der Waals surface area (Å²) >= 11 is 0. The van der Waals surface area contributed by atoms with Gasteiger partial charge in [0.05, 0.1) is 25.6 Å². The molecule has 1 aliphatic rings. The van der Waals surface area contributed by atoms with Gasteiger partial charge in [-0.05, 0) is 49.2 Å². The predicted octanol–water partition coefficient (Wildman–Crippen LogP) is 2.90. The van der Waals surface area contributed by atoms with Crippen molar-refractivity contribution in [1.82, 2.24) is 10.2 Å². The number of hydrogen-bond donors (Lipinski definition) is 1. The van der Waals surface area contributed by atoms with E-state index in [1.165, 1.54) is 17.9 Å². The Morgan fingerprint density at radius 3 is 2.58 bits per heavy atom. The monoisotopic (exact) mass is 354 g/mol. The zero-order chi connectivity index (χ0) is 18.5. The summed E-state index contributed by atoms with van der Waals surface area (Å²) < 4.78 is 4.81. The van der Waals surface area contributed by atoms with Crippen molar-refractivity contribution in [2.45, 2.75) is 25.8 Å². The first-order chi connectivity index (χ1) is 12.6. The number of piperidine rings is 1. The van der Waals surface area contributed by atoms with Crippen molar-refractivity contribution < 1.29 is 14.3 Å². The molecule has 0 unspecified atom stereocenters. The topological polar surface area (TPSA) is 58.6 Å². The third-order valence-electron chi connectivity index (χ3n) is 5.16. The lowest BCUT2D eigenvalue weighted by Crippen LogP contribution is -2.43. The molecule has 0 aliphatic carbocycles. The lowest BCUT2D eigenvalue weighted by Gasteiger charge is -2.30. The number of likely N-dealkylation sites (tertiary alicyclic amines) is 1. The van der Waals surface area contributed by atoms with Crippen LogP contribution in [0.4, 0.5) is 0 Å². The molecule has 2 aromatic carbocycles. The quantitative estimate of drug-likeness (QED) is 0.839. The average Bonchev–Trinajstić information content (AvgIpc) is 2.67. The molecular formula is C21H26N2O3. The SMILES string of the molecule is COC(=O)C1CCN(CC(=O)N[C@@H](C)c2cccc3ccccc23)CC1. The first-order valence-corrected chi connectivity index (χ1v) is 9.15. The second-order valence-electron chi connectivity index (χ2n) is 6.93. The molecule has 2 aromatic rings. The van der Waals surface area contributed by atoms with Crippen molar-refractivity contribution in [1.29, 1.82) is 0 Å². The Morgan fingerprint density at radius 1 is 1.15 bits per heavy atom. The van der Waals surface area contributed by atoms with Gasteiger partial charge >= 0.3 is 5.97 Å². The lowest BCUT2D eigenvalue weighted by atomic mass is 9.97. The summed E-state index contributed by atoms with van der Waals surface area (Å²) in [6.45, 7) is 3.87. The fraction of sp³-hybridized carbons (Fsp3) is 0.429. The van der Waals surface area contributed by atoms with Crippen LogP contribution in [0.3, 0.4) is 0 Å². The Labute approximate surface area is 154 Å². The van der Waals surface area contributed by atoms with E-state index in [2.05, 4.69) is 34.5 Å². The largest absolute Gasteiger partial charge is 0.469 e. The molecule has 1 aliphatic heterocycles. The summed E-state index contributed by atoms with van der Waals surface area (Å²) in [5.41, 5.74) is 1.13. The molecule has 138 valence electrons. The van der Waals surface area contributed by atoms with Crippen LogP contribution in [-0.4, -0.2) is 43.5 Å². The van der Waals surface area contributed by atoms with Gasteiger partial charge in [-0.25, -0.2) is 0 Å². The van der Waals surface area contributed by atoms with Gasteiger partial charge in [0.15, 0.2) is 0 Å². The Hall–Kier alpha value is -2.40. The highest BCUT2D eigenvalue weighted by molar-refractivity contribution is 5.87. The summed E-state index contributed by atoms with van der Waals surface area (Å²) in [6, 6.07) is 14.3. The van der Waals surface area contributed by atoms with E-state index in [0.29, 0.717) is 6.54 Å². The molecule has 0 bridgehead atoms. The van der Waals surface area contributed by atoms with E-state index >= 15 is 0 Å². The summed E-state index contributed by atoms with van der Waals surface area (Å²) in [4.78, 5) is 26.1. The maximum Gasteiger partial charge on any atom is 0.308 e. The molecule has 1 atom stereocenters. The zero-order valence-electron chi connectivity index (χ0n) is 15.4. The van der Waals surface area contributed by atoms with Gasteiger partial charge in [-0.1, -0.05) is 42.5 Å². The number of carbonyl (C=O) groups is 2. The molecule has 1 saturated heterocycles. The second kappa shape index (κ2) is 8.32. The van der Waals surface area contributed by atoms with Crippen molar-refractivity contribution in [3.63, 3.8) is 0 Å². The third kappa shape index (κ3) is 4.22. The molecule has 26 heavy (non-hydrogen) atoms. The minimum atomic E-state index is -0.140. The van der Waals surface area contributed by atoms with Gasteiger partial charge in [-0.3, -0.25) is 14.5 Å². The fourth-order valence-corrected chi connectivity index (χ4v) is 3.69. The average molecular weight is 354 g/mol. The van der Waals surface area contributed by atoms with E-state index in [1.54, 1.807) is 0 Å². The van der Waals surface area contributed by atoms with Crippen LogP contribution in [0.5, 0.6) is 0 Å². The molecular weight excluding hydrogens is 328 g/mol. The van der Waals surface area contributed by atoms with Crippen LogP contribution in [-0.2, 0) is 14.3 Å². The summed E-state index contributed by atoms with van der Waals surface area (Å²) in [6.07, 6.45) is 1.50. The van der Waals surface area contributed by atoms with E-state index in [9.17, 15) is 9.59 Å². The maximum atomic E-state index is 12.5. The summed E-state index contributed by atoms with van der Waals surface area (Å²) in [5, 5.41) is 5.45. The number of methoxy groups -OCH3 is 1. The maximum absolute atomic E-state index is 12.5. The van der Waals surface area contributed by atoms with Gasteiger partial charge in [0.2, 0.25) is 5.91 Å². The number of esters is 1. The molecule has 3 rings (SSSR count). The van der Waals surface area contributed by atoms with Gasteiger partial charge in [0, 0.05) is 0 Å². The van der Waals surface area contributed by atoms with Crippen molar-refractivity contribution in [3.8, 4) is 0 Å². The van der Waals surface area contributed by atoms with Crippen molar-refractivity contribution in [2.75, 3.05) is 26.7 Å². The highest BCUT2D eigenvalue weighted by atomic mass is 16.5. The zero-order valence-corrected chi connectivity index (χ0v) is 15.4. The van der Waals surface area contributed by atoms with Gasteiger partial charge in [0.25, 0.3) is 0 Å². The Balaban J connectivity index is 1.56. The number of rotatable bonds is 5. The van der Waals surface area contributed by atoms with Crippen LogP contribution >= 0.6 is 0 Å². The third-order valence-corrected chi connectivity index (χ3v) is 5.16. The van der Waals surface area contributed by atoms with Crippen LogP contribution in [0.25, 0.3) is 10.8 Å². The number of nitrogens with zero attached hydrogens (tertiary/aromatic N) is 1. The molecule has 0 aromatic heterocycles. The van der Waals surface area contributed by atoms with Gasteiger partial charge in [-0.2, -0.15) is 0 Å². The van der Waals surface area contributed by atoms with E-state index in [0.717, 1.165) is 31.5 Å².